The van der Waals surface area contributed by atoms with Crippen LogP contribution < -0.4 is 0 Å². The van der Waals surface area contributed by atoms with E-state index in [1.54, 1.807) is 0 Å². The van der Waals surface area contributed by atoms with Crippen molar-refractivity contribution in [2.24, 2.45) is 0 Å². The second kappa shape index (κ2) is 3.13. The van der Waals surface area contributed by atoms with Gasteiger partial charge in [0.2, 0.25) is 0 Å². The summed E-state index contributed by atoms with van der Waals surface area (Å²) in [6, 6.07) is -0.0699. The lowest BCUT2D eigenvalue weighted by molar-refractivity contribution is 1.18. The molecule has 0 unspecified atom stereocenters. The summed E-state index contributed by atoms with van der Waals surface area (Å²) in [6.07, 6.45) is 0.846. The molecule has 0 radical (unpaired) electrons. The summed E-state index contributed by atoms with van der Waals surface area (Å²) in [7, 11) is 0. The summed E-state index contributed by atoms with van der Waals surface area (Å²) in [5, 5.41) is 0. The lowest BCUT2D eigenvalue weighted by atomic mass is 10.2. The van der Waals surface area contributed by atoms with Crippen molar-refractivity contribution in [3.63, 3.8) is 0 Å². The lowest BCUT2D eigenvalue weighted by Gasteiger charge is -1.96. The molecule has 0 amide bonds. The highest BCUT2D eigenvalue weighted by molar-refractivity contribution is 5.53. The number of nitrogens with zero attached hydrogens (tertiary/aromatic N) is 2. The van der Waals surface area contributed by atoms with E-state index >= 15 is 0 Å². The first-order chi connectivity index (χ1) is 8.41. The molecule has 0 saturated carbocycles. The zero-order chi connectivity index (χ0) is 13.4. The first-order valence-electron chi connectivity index (χ1n) is 6.30. The minimum Gasteiger partial charge on any atom is -0.237 e. The SMILES string of the molecule is [2H]c1cnc(-c2cc([2H])c([2H])c([2H])c2[2H])nc1[2H]. The van der Waals surface area contributed by atoms with Gasteiger partial charge in [-0.15, -0.1) is 0 Å². The minimum atomic E-state index is -0.373. The van der Waals surface area contributed by atoms with Crippen molar-refractivity contribution >= 4 is 0 Å². The Labute approximate surface area is 79.4 Å². The molecular weight excluding hydrogens is 148 g/mol. The van der Waals surface area contributed by atoms with E-state index in [1.165, 1.54) is 6.07 Å². The summed E-state index contributed by atoms with van der Waals surface area (Å²) >= 11 is 0. The van der Waals surface area contributed by atoms with Crippen LogP contribution in [0.5, 0.6) is 0 Å². The van der Waals surface area contributed by atoms with E-state index < -0.39 is 0 Å². The van der Waals surface area contributed by atoms with Gasteiger partial charge >= 0.3 is 0 Å². The van der Waals surface area contributed by atoms with Gasteiger partial charge in [0.25, 0.3) is 0 Å². The van der Waals surface area contributed by atoms with Crippen molar-refractivity contribution < 1.29 is 8.22 Å². The molecular formula is C10H8N2. The van der Waals surface area contributed by atoms with Crippen LogP contribution in [0.3, 0.4) is 0 Å². The Balaban J connectivity index is 2.67. The maximum Gasteiger partial charge on any atom is 0.159 e. The largest absolute Gasteiger partial charge is 0.237 e. The monoisotopic (exact) mass is 162 g/mol. The molecule has 0 fully saturated rings. The third kappa shape index (κ3) is 1.32. The van der Waals surface area contributed by atoms with Crippen LogP contribution in [0.2, 0.25) is 0 Å². The van der Waals surface area contributed by atoms with Crippen LogP contribution in [0, 0.1) is 0 Å². The summed E-state index contributed by atoms with van der Waals surface area (Å²) in [5.74, 6) is 0.0167. The van der Waals surface area contributed by atoms with Crippen molar-refractivity contribution in [2.75, 3.05) is 0 Å². The molecule has 0 aliphatic heterocycles. The summed E-state index contributed by atoms with van der Waals surface area (Å²) < 4.78 is 44.9. The number of hydrogen-bond donors (Lipinski definition) is 0. The van der Waals surface area contributed by atoms with Gasteiger partial charge in [0, 0.05) is 17.9 Å². The third-order valence-corrected chi connectivity index (χ3v) is 1.27. The molecule has 2 nitrogen and oxygen atoms in total. The molecule has 1 aromatic carbocycles. The van der Waals surface area contributed by atoms with Crippen LogP contribution in [0.4, 0.5) is 0 Å². The first kappa shape index (κ1) is 2.98. The van der Waals surface area contributed by atoms with E-state index in [1.807, 2.05) is 0 Å². The summed E-state index contributed by atoms with van der Waals surface area (Å²) in [4.78, 5) is 7.55. The second-order valence-electron chi connectivity index (χ2n) is 2.03. The fourth-order valence-corrected chi connectivity index (χ4v) is 0.766. The van der Waals surface area contributed by atoms with Crippen LogP contribution in [-0.4, -0.2) is 9.97 Å². The maximum absolute atomic E-state index is 7.72. The van der Waals surface area contributed by atoms with Crippen molar-refractivity contribution in [1.82, 2.24) is 9.97 Å². The summed E-state index contributed by atoms with van der Waals surface area (Å²) in [5.41, 5.74) is 0.120. The maximum atomic E-state index is 7.72. The predicted octanol–water partition coefficient (Wildman–Crippen LogP) is 2.14. The Hall–Kier alpha value is -1.70. The highest BCUT2D eigenvalue weighted by atomic mass is 14.8. The second-order valence-corrected chi connectivity index (χ2v) is 2.03. The number of hydrogen-bond acceptors (Lipinski definition) is 2. The van der Waals surface area contributed by atoms with Crippen molar-refractivity contribution in [3.8, 4) is 11.4 Å². The van der Waals surface area contributed by atoms with Gasteiger partial charge in [0.05, 0.1) is 8.22 Å². The Kier molecular flexibility index (Phi) is 0.777. The van der Waals surface area contributed by atoms with Gasteiger partial charge in [-0.3, -0.25) is 0 Å². The Bertz CT molecular complexity index is 628. The van der Waals surface area contributed by atoms with Crippen LogP contribution in [-0.2, 0) is 0 Å². The standard InChI is InChI=1S/C10H8N2/c1-2-5-9(6-3-1)10-11-7-4-8-12-10/h1-8H/i1D,2D,3D,4D,5D,7D. The molecule has 0 bridgehead atoms. The number of benzene rings is 1. The molecule has 0 atom stereocenters. The quantitative estimate of drug-likeness (QED) is 0.642. The number of rotatable bonds is 1. The smallest absolute Gasteiger partial charge is 0.159 e. The van der Waals surface area contributed by atoms with Crippen molar-refractivity contribution in [3.05, 3.63) is 48.6 Å². The third-order valence-electron chi connectivity index (χ3n) is 1.27. The molecule has 58 valence electrons. The molecule has 0 aliphatic rings. The molecule has 2 heteroatoms. The molecule has 12 heavy (non-hydrogen) atoms. The van der Waals surface area contributed by atoms with Crippen molar-refractivity contribution in [2.45, 2.75) is 0 Å². The van der Waals surface area contributed by atoms with E-state index in [2.05, 4.69) is 9.97 Å². The van der Waals surface area contributed by atoms with E-state index in [-0.39, 0.29) is 47.8 Å². The van der Waals surface area contributed by atoms with Crippen LogP contribution in [0.25, 0.3) is 11.4 Å². The fraction of sp³-hybridized carbons (Fsp3) is 0. The Morgan fingerprint density at radius 3 is 3.00 bits per heavy atom. The minimum absolute atomic E-state index is 0.0167. The first-order valence-corrected chi connectivity index (χ1v) is 3.30. The molecule has 1 heterocycles. The molecule has 2 rings (SSSR count). The zero-order valence-corrected chi connectivity index (χ0v) is 6.05. The predicted molar refractivity (Wildman–Crippen MR) is 47.5 cm³/mol. The molecule has 0 aliphatic carbocycles. The van der Waals surface area contributed by atoms with E-state index in [4.69, 9.17) is 8.22 Å². The van der Waals surface area contributed by atoms with Crippen LogP contribution in [0.1, 0.15) is 8.22 Å². The van der Waals surface area contributed by atoms with Crippen molar-refractivity contribution in [1.29, 1.82) is 0 Å². The highest BCUT2D eigenvalue weighted by Gasteiger charge is 1.95. The van der Waals surface area contributed by atoms with Gasteiger partial charge in [0.15, 0.2) is 5.82 Å². The Morgan fingerprint density at radius 1 is 1.08 bits per heavy atom. The van der Waals surface area contributed by atoms with E-state index in [9.17, 15) is 0 Å². The van der Waals surface area contributed by atoms with Crippen LogP contribution in [0.15, 0.2) is 48.6 Å². The lowest BCUT2D eigenvalue weighted by Crippen LogP contribution is -1.84. The van der Waals surface area contributed by atoms with Crippen LogP contribution >= 0.6 is 0 Å². The molecule has 0 spiro atoms. The van der Waals surface area contributed by atoms with Gasteiger partial charge in [0.1, 0.15) is 0 Å². The molecule has 2 aromatic rings. The average Bonchev–Trinajstić information content (AvgIpc) is 2.35. The van der Waals surface area contributed by atoms with Gasteiger partial charge in [-0.1, -0.05) is 30.2 Å². The zero-order valence-electron chi connectivity index (χ0n) is 12.0. The van der Waals surface area contributed by atoms with Gasteiger partial charge in [-0.25, -0.2) is 9.97 Å². The van der Waals surface area contributed by atoms with Gasteiger partial charge < -0.3 is 0 Å². The molecule has 1 aromatic heterocycles. The highest BCUT2D eigenvalue weighted by Crippen LogP contribution is 2.11. The fourth-order valence-electron chi connectivity index (χ4n) is 0.766. The Morgan fingerprint density at radius 2 is 2.08 bits per heavy atom. The molecule has 0 saturated heterocycles. The topological polar surface area (TPSA) is 25.8 Å². The number of aromatic nitrogens is 2. The normalized spacial score (nSPS) is 16.7. The van der Waals surface area contributed by atoms with E-state index in [0.29, 0.717) is 0 Å². The average molecular weight is 162 g/mol. The van der Waals surface area contributed by atoms with E-state index in [0.717, 1.165) is 6.20 Å². The summed E-state index contributed by atoms with van der Waals surface area (Å²) in [6.45, 7) is 0. The van der Waals surface area contributed by atoms with Gasteiger partial charge in [-0.2, -0.15) is 0 Å². The van der Waals surface area contributed by atoms with Gasteiger partial charge in [-0.05, 0) is 6.04 Å². The molecule has 0 N–H and O–H groups in total.